The number of benzene rings is 3. The molecule has 0 spiro atoms. The van der Waals surface area contributed by atoms with E-state index in [1.54, 1.807) is 95.3 Å². The minimum atomic E-state index is -1.19. The number of hydrogen-bond donors (Lipinski definition) is 6. The third-order valence-corrected chi connectivity index (χ3v) is 8.55. The highest BCUT2D eigenvalue weighted by atomic mass is 35.5. The molecule has 53 heavy (non-hydrogen) atoms. The molecule has 0 saturated carbocycles. The third-order valence-electron chi connectivity index (χ3n) is 8.18. The monoisotopic (exact) mass is 751 g/mol. The Labute approximate surface area is 315 Å². The highest BCUT2D eigenvalue weighted by Gasteiger charge is 2.31. The van der Waals surface area contributed by atoms with E-state index in [1.165, 1.54) is 0 Å². The van der Waals surface area contributed by atoms with Crippen molar-refractivity contribution in [2.45, 2.75) is 97.1 Å². The van der Waals surface area contributed by atoms with Gasteiger partial charge in [0.25, 0.3) is 0 Å². The Kier molecular flexibility index (Phi) is 16.0. The maximum atomic E-state index is 14.0. The third kappa shape index (κ3) is 14.7. The first-order valence-corrected chi connectivity index (χ1v) is 17.8. The predicted molar refractivity (Wildman–Crippen MR) is 201 cm³/mol. The van der Waals surface area contributed by atoms with E-state index in [0.717, 1.165) is 5.56 Å². The van der Waals surface area contributed by atoms with Gasteiger partial charge in [-0.15, -0.1) is 0 Å². The number of amides is 5. The number of alkyl carbamates (subject to hydrolysis) is 2. The molecule has 7 N–H and O–H groups in total. The second-order valence-corrected chi connectivity index (χ2v) is 14.2. The van der Waals surface area contributed by atoms with E-state index in [2.05, 4.69) is 21.3 Å². The fourth-order valence-corrected chi connectivity index (χ4v) is 5.71. The molecule has 3 aromatic rings. The average Bonchev–Trinajstić information content (AvgIpc) is 3.07. The lowest BCUT2D eigenvalue weighted by molar-refractivity contribution is -0.132. The van der Waals surface area contributed by atoms with Gasteiger partial charge in [0.2, 0.25) is 17.7 Å². The van der Waals surface area contributed by atoms with Crippen LogP contribution in [0.15, 0.2) is 66.7 Å². The average molecular weight is 752 g/mol. The summed E-state index contributed by atoms with van der Waals surface area (Å²) >= 11 is 6.13. The molecule has 5 amide bonds. The Morgan fingerprint density at radius 1 is 0.792 bits per heavy atom. The van der Waals surface area contributed by atoms with Crippen LogP contribution >= 0.6 is 11.6 Å². The second kappa shape index (κ2) is 20.1. The molecule has 3 rings (SSSR count). The number of carbonyl (C=O) groups is 5. The fourth-order valence-electron chi connectivity index (χ4n) is 5.52. The van der Waals surface area contributed by atoms with Crippen LogP contribution in [0.3, 0.4) is 0 Å². The molecular weight excluding hydrogens is 702 g/mol. The largest absolute Gasteiger partial charge is 0.508 e. The number of phenols is 1. The van der Waals surface area contributed by atoms with Gasteiger partial charge >= 0.3 is 12.2 Å². The molecule has 0 saturated heterocycles. The van der Waals surface area contributed by atoms with Gasteiger partial charge < -0.3 is 41.6 Å². The van der Waals surface area contributed by atoms with Crippen molar-refractivity contribution < 1.29 is 38.6 Å². The summed E-state index contributed by atoms with van der Waals surface area (Å²) in [7, 11) is 0. The second-order valence-electron chi connectivity index (χ2n) is 13.8. The van der Waals surface area contributed by atoms with Crippen LogP contribution in [-0.4, -0.2) is 65.3 Å². The molecule has 0 aromatic heterocycles. The Hall–Kier alpha value is -5.30. The number of rotatable bonds is 17. The number of primary amides is 1. The van der Waals surface area contributed by atoms with Crippen LogP contribution in [0.2, 0.25) is 5.02 Å². The SMILES string of the molecule is Cc1cc(O)cc(C)c1CC(NC(=O)OC(C)(C)C)C(=O)N[C@@H](CCCCNC(=O)OCc1ccccc1Cl)C(=O)N[C@@H](Cc1ccccc1)C(N)=O. The van der Waals surface area contributed by atoms with Gasteiger partial charge in [0.1, 0.15) is 36.1 Å². The van der Waals surface area contributed by atoms with E-state index in [9.17, 15) is 29.1 Å². The van der Waals surface area contributed by atoms with Crippen LogP contribution in [0.4, 0.5) is 9.59 Å². The van der Waals surface area contributed by atoms with Crippen molar-refractivity contribution in [1.82, 2.24) is 21.3 Å². The Balaban J connectivity index is 1.76. The molecule has 0 radical (unpaired) electrons. The molecular formula is C39H50ClN5O8. The lowest BCUT2D eigenvalue weighted by atomic mass is 9.95. The normalized spacial score (nSPS) is 12.8. The van der Waals surface area contributed by atoms with E-state index in [-0.39, 0.29) is 38.2 Å². The Morgan fingerprint density at radius 2 is 1.40 bits per heavy atom. The summed E-state index contributed by atoms with van der Waals surface area (Å²) in [6.07, 6.45) is -0.439. The van der Waals surface area contributed by atoms with Crippen molar-refractivity contribution in [2.75, 3.05) is 6.54 Å². The van der Waals surface area contributed by atoms with Crippen molar-refractivity contribution in [2.24, 2.45) is 5.73 Å². The summed E-state index contributed by atoms with van der Waals surface area (Å²) in [4.78, 5) is 65.3. The Morgan fingerprint density at radius 3 is 2.02 bits per heavy atom. The minimum absolute atomic E-state index is 0.00845. The van der Waals surface area contributed by atoms with Gasteiger partial charge in [0, 0.05) is 30.0 Å². The van der Waals surface area contributed by atoms with Gasteiger partial charge in [0.15, 0.2) is 0 Å². The number of aryl methyl sites for hydroxylation is 2. The van der Waals surface area contributed by atoms with Gasteiger partial charge in [-0.1, -0.05) is 60.1 Å². The highest BCUT2D eigenvalue weighted by Crippen LogP contribution is 2.23. The van der Waals surface area contributed by atoms with E-state index < -0.39 is 53.6 Å². The number of aromatic hydroxyl groups is 1. The van der Waals surface area contributed by atoms with Crippen LogP contribution in [0.25, 0.3) is 0 Å². The number of ether oxygens (including phenoxy) is 2. The molecule has 0 aliphatic rings. The van der Waals surface area contributed by atoms with Gasteiger partial charge in [-0.05, 0) is 94.3 Å². The van der Waals surface area contributed by atoms with Crippen molar-refractivity contribution in [1.29, 1.82) is 0 Å². The zero-order valence-corrected chi connectivity index (χ0v) is 31.5. The minimum Gasteiger partial charge on any atom is -0.508 e. The summed E-state index contributed by atoms with van der Waals surface area (Å²) in [5, 5.41) is 21.3. The maximum absolute atomic E-state index is 14.0. The highest BCUT2D eigenvalue weighted by molar-refractivity contribution is 6.31. The zero-order chi connectivity index (χ0) is 39.1. The number of halogens is 1. The lowest BCUT2D eigenvalue weighted by Crippen LogP contribution is -2.57. The molecule has 0 fully saturated rings. The summed E-state index contributed by atoms with van der Waals surface area (Å²) in [6, 6.07) is 15.7. The smallest absolute Gasteiger partial charge is 0.408 e. The molecule has 0 aliphatic carbocycles. The number of unbranched alkanes of at least 4 members (excludes halogenated alkanes) is 1. The summed E-state index contributed by atoms with van der Waals surface area (Å²) < 4.78 is 10.7. The number of nitrogens with one attached hydrogen (secondary N) is 4. The molecule has 0 aliphatic heterocycles. The van der Waals surface area contributed by atoms with E-state index in [4.69, 9.17) is 26.8 Å². The fraction of sp³-hybridized carbons (Fsp3) is 0.410. The van der Waals surface area contributed by atoms with Crippen LogP contribution in [0, 0.1) is 13.8 Å². The first kappa shape index (κ1) is 42.1. The van der Waals surface area contributed by atoms with Gasteiger partial charge in [-0.2, -0.15) is 0 Å². The van der Waals surface area contributed by atoms with Gasteiger partial charge in [-0.3, -0.25) is 14.4 Å². The van der Waals surface area contributed by atoms with Gasteiger partial charge in [0.05, 0.1) is 0 Å². The molecule has 3 aromatic carbocycles. The van der Waals surface area contributed by atoms with Crippen LogP contribution < -0.4 is 27.0 Å². The van der Waals surface area contributed by atoms with E-state index >= 15 is 0 Å². The first-order valence-electron chi connectivity index (χ1n) is 17.4. The molecule has 286 valence electrons. The van der Waals surface area contributed by atoms with E-state index in [1.807, 2.05) is 6.07 Å². The summed E-state index contributed by atoms with van der Waals surface area (Å²) in [5.74, 6) is -2.03. The van der Waals surface area contributed by atoms with Gasteiger partial charge in [-0.25, -0.2) is 9.59 Å². The molecule has 0 bridgehead atoms. The summed E-state index contributed by atoms with van der Waals surface area (Å²) in [6.45, 7) is 8.82. The standard InChI is InChI=1S/C39H50ClN5O8/c1-24-19-28(46)20-25(2)29(24)22-33(45-38(51)53-39(3,4)5)36(49)43-31(35(48)44-32(34(41)47)21-26-13-7-6-8-14-26)17-11-12-18-42-37(50)52-23-27-15-9-10-16-30(27)40/h6-10,13-16,19-20,31-33,46H,11-12,17-18,21-23H2,1-5H3,(H2,41,47)(H,42,50)(H,43,49)(H,44,48)(H,45,51)/t31-,32-,33?/m0/s1. The predicted octanol–water partition coefficient (Wildman–Crippen LogP) is 4.89. The number of nitrogens with two attached hydrogens (primary N) is 1. The molecule has 3 atom stereocenters. The number of hydrogen-bond acceptors (Lipinski definition) is 8. The molecule has 14 heteroatoms. The van der Waals surface area contributed by atoms with Crippen molar-refractivity contribution in [3.05, 3.63) is 99.6 Å². The summed E-state index contributed by atoms with van der Waals surface area (Å²) in [5.41, 5.74) is 8.35. The van der Waals surface area contributed by atoms with E-state index in [0.29, 0.717) is 40.1 Å². The number of phenolic OH excluding ortho intramolecular Hbond substituents is 1. The zero-order valence-electron chi connectivity index (χ0n) is 30.8. The quantitative estimate of drug-likeness (QED) is 0.105. The number of carbonyl (C=O) groups excluding carboxylic acids is 5. The van der Waals surface area contributed by atoms with Crippen molar-refractivity contribution in [3.8, 4) is 5.75 Å². The van der Waals surface area contributed by atoms with Crippen molar-refractivity contribution in [3.63, 3.8) is 0 Å². The van der Waals surface area contributed by atoms with Crippen LogP contribution in [0.5, 0.6) is 5.75 Å². The maximum Gasteiger partial charge on any atom is 0.408 e. The molecule has 13 nitrogen and oxygen atoms in total. The van der Waals surface area contributed by atoms with Crippen LogP contribution in [0.1, 0.15) is 67.9 Å². The molecule has 1 unspecified atom stereocenters. The van der Waals surface area contributed by atoms with Crippen molar-refractivity contribution >= 4 is 41.5 Å². The lowest BCUT2D eigenvalue weighted by Gasteiger charge is -2.27. The molecule has 0 heterocycles. The topological polar surface area (TPSA) is 198 Å². The Bertz CT molecular complexity index is 1710. The first-order chi connectivity index (χ1) is 25.0. The van der Waals surface area contributed by atoms with Crippen LogP contribution in [-0.2, 0) is 43.3 Å².